The second-order valence-corrected chi connectivity index (χ2v) is 6.17. The van der Waals surface area contributed by atoms with Crippen LogP contribution in [0.4, 0.5) is 0 Å². The smallest absolute Gasteiger partial charge is 0.130 e. The number of nitrogen functional groups attached to an aromatic ring is 1. The largest absolute Gasteiger partial charge is 0.384 e. The fourth-order valence-corrected chi connectivity index (χ4v) is 3.73. The van der Waals surface area contributed by atoms with Crippen molar-refractivity contribution in [2.75, 3.05) is 6.61 Å². The number of rotatable bonds is 5. The third-order valence-electron chi connectivity index (χ3n) is 3.65. The number of hydrogen-bond donors (Lipinski definition) is 2. The zero-order chi connectivity index (χ0) is 14.7. The van der Waals surface area contributed by atoms with E-state index in [0.717, 1.165) is 47.7 Å². The molecule has 0 aliphatic carbocycles. The fraction of sp³-hybridized carbons (Fsp3) is 0.643. The maximum Gasteiger partial charge on any atom is 0.130 e. The summed E-state index contributed by atoms with van der Waals surface area (Å²) >= 11 is 1.64. The second kappa shape index (κ2) is 6.54. The maximum atomic E-state index is 7.88. The Morgan fingerprint density at radius 2 is 2.15 bits per heavy atom. The van der Waals surface area contributed by atoms with Gasteiger partial charge in [0.05, 0.1) is 17.4 Å². The van der Waals surface area contributed by atoms with Crippen LogP contribution < -0.4 is 5.73 Å². The van der Waals surface area contributed by atoms with Gasteiger partial charge in [-0.1, -0.05) is 25.6 Å². The van der Waals surface area contributed by atoms with Gasteiger partial charge in [0.2, 0.25) is 0 Å². The van der Waals surface area contributed by atoms with Crippen molar-refractivity contribution in [1.29, 1.82) is 5.41 Å². The zero-order valence-electron chi connectivity index (χ0n) is 12.3. The number of nitrogens with two attached hydrogens (primary N) is 1. The molecule has 2 heterocycles. The predicted octanol–water partition coefficient (Wildman–Crippen LogP) is 2.15. The van der Waals surface area contributed by atoms with Crippen molar-refractivity contribution in [1.82, 2.24) is 10.2 Å². The van der Waals surface area contributed by atoms with Crippen LogP contribution >= 0.6 is 11.8 Å². The van der Waals surface area contributed by atoms with Gasteiger partial charge in [-0.3, -0.25) is 5.41 Å². The highest BCUT2D eigenvalue weighted by molar-refractivity contribution is 8.00. The Kier molecular flexibility index (Phi) is 4.99. The van der Waals surface area contributed by atoms with Gasteiger partial charge >= 0.3 is 0 Å². The topological polar surface area (TPSA) is 84.9 Å². The minimum atomic E-state index is 0.0838. The molecule has 20 heavy (non-hydrogen) atoms. The molecule has 1 fully saturated rings. The van der Waals surface area contributed by atoms with E-state index in [2.05, 4.69) is 24.0 Å². The fourth-order valence-electron chi connectivity index (χ4n) is 2.52. The highest BCUT2D eigenvalue weighted by Crippen LogP contribution is 2.34. The van der Waals surface area contributed by atoms with Gasteiger partial charge in [0.25, 0.3) is 0 Å². The van der Waals surface area contributed by atoms with Gasteiger partial charge in [-0.2, -0.15) is 5.10 Å². The van der Waals surface area contributed by atoms with Crippen LogP contribution in [0, 0.1) is 5.41 Å². The third kappa shape index (κ3) is 2.96. The number of thioether (sulfide) groups is 1. The SMILES string of the molecule is CCc1nnc(SC2CCOC2C)c(C(=N)N)c1CC. The summed E-state index contributed by atoms with van der Waals surface area (Å²) in [6.45, 7) is 6.98. The van der Waals surface area contributed by atoms with E-state index in [-0.39, 0.29) is 11.9 Å². The summed E-state index contributed by atoms with van der Waals surface area (Å²) in [5.74, 6) is 0.0838. The lowest BCUT2D eigenvalue weighted by Gasteiger charge is -2.17. The van der Waals surface area contributed by atoms with Crippen LogP contribution in [-0.4, -0.2) is 34.0 Å². The lowest BCUT2D eigenvalue weighted by molar-refractivity contribution is 0.127. The van der Waals surface area contributed by atoms with Crippen LogP contribution in [0.2, 0.25) is 0 Å². The van der Waals surface area contributed by atoms with Crippen molar-refractivity contribution in [3.8, 4) is 0 Å². The van der Waals surface area contributed by atoms with Crippen LogP contribution in [0.25, 0.3) is 0 Å². The first kappa shape index (κ1) is 15.3. The molecule has 1 aromatic rings. The summed E-state index contributed by atoms with van der Waals surface area (Å²) in [7, 11) is 0. The van der Waals surface area contributed by atoms with Crippen LogP contribution in [-0.2, 0) is 17.6 Å². The molecular formula is C14H22N4OS. The molecule has 0 bridgehead atoms. The van der Waals surface area contributed by atoms with E-state index in [1.165, 1.54) is 0 Å². The molecule has 1 aliphatic rings. The average molecular weight is 294 g/mol. The monoisotopic (exact) mass is 294 g/mol. The summed E-state index contributed by atoms with van der Waals surface area (Å²) in [6.07, 6.45) is 2.84. The van der Waals surface area contributed by atoms with Gasteiger partial charge in [-0.05, 0) is 31.7 Å². The highest BCUT2D eigenvalue weighted by Gasteiger charge is 2.28. The summed E-state index contributed by atoms with van der Waals surface area (Å²) in [5.41, 5.74) is 8.56. The number of hydrogen-bond acceptors (Lipinski definition) is 5. The number of amidine groups is 1. The second-order valence-electron chi connectivity index (χ2n) is 4.95. The Hall–Kier alpha value is -1.14. The van der Waals surface area contributed by atoms with Crippen LogP contribution in [0.15, 0.2) is 5.03 Å². The van der Waals surface area contributed by atoms with Gasteiger partial charge in [0, 0.05) is 11.9 Å². The predicted molar refractivity (Wildman–Crippen MR) is 81.5 cm³/mol. The van der Waals surface area contributed by atoms with E-state index in [1.54, 1.807) is 11.8 Å². The van der Waals surface area contributed by atoms with Gasteiger partial charge < -0.3 is 10.5 Å². The Morgan fingerprint density at radius 1 is 1.40 bits per heavy atom. The van der Waals surface area contributed by atoms with E-state index in [0.29, 0.717) is 5.25 Å². The minimum absolute atomic E-state index is 0.0838. The minimum Gasteiger partial charge on any atom is -0.384 e. The molecule has 0 saturated carbocycles. The van der Waals surface area contributed by atoms with Crippen LogP contribution in [0.3, 0.4) is 0 Å². The molecule has 1 aromatic heterocycles. The Bertz CT molecular complexity index is 506. The first-order valence-electron chi connectivity index (χ1n) is 7.09. The Balaban J connectivity index is 2.39. The normalized spacial score (nSPS) is 22.1. The van der Waals surface area contributed by atoms with E-state index in [1.807, 2.05) is 6.92 Å². The molecule has 5 nitrogen and oxygen atoms in total. The van der Waals surface area contributed by atoms with Gasteiger partial charge in [-0.25, -0.2) is 0 Å². The molecule has 2 unspecified atom stereocenters. The molecular weight excluding hydrogens is 272 g/mol. The highest BCUT2D eigenvalue weighted by atomic mass is 32.2. The van der Waals surface area contributed by atoms with E-state index in [9.17, 15) is 0 Å². The summed E-state index contributed by atoms with van der Waals surface area (Å²) in [4.78, 5) is 0. The maximum absolute atomic E-state index is 7.88. The Morgan fingerprint density at radius 3 is 2.65 bits per heavy atom. The zero-order valence-corrected chi connectivity index (χ0v) is 13.1. The number of nitrogens with zero attached hydrogens (tertiary/aromatic N) is 2. The molecule has 1 saturated heterocycles. The lowest BCUT2D eigenvalue weighted by Crippen LogP contribution is -2.21. The quantitative estimate of drug-likeness (QED) is 0.642. The molecule has 0 amide bonds. The first-order valence-corrected chi connectivity index (χ1v) is 7.97. The summed E-state index contributed by atoms with van der Waals surface area (Å²) in [6, 6.07) is 0. The molecule has 6 heteroatoms. The lowest BCUT2D eigenvalue weighted by atomic mass is 10.0. The molecule has 1 aliphatic heterocycles. The number of aromatic nitrogens is 2. The number of aryl methyl sites for hydroxylation is 1. The van der Waals surface area contributed by atoms with Crippen molar-refractivity contribution in [3.05, 3.63) is 16.8 Å². The van der Waals surface area contributed by atoms with Crippen molar-refractivity contribution in [3.63, 3.8) is 0 Å². The summed E-state index contributed by atoms with van der Waals surface area (Å²) < 4.78 is 5.59. The van der Waals surface area contributed by atoms with E-state index >= 15 is 0 Å². The van der Waals surface area contributed by atoms with Crippen molar-refractivity contribution < 1.29 is 4.74 Å². The molecule has 3 N–H and O–H groups in total. The third-order valence-corrected chi connectivity index (χ3v) is 5.08. The average Bonchev–Trinajstić information content (AvgIpc) is 2.83. The molecule has 0 aromatic carbocycles. The number of nitrogens with one attached hydrogen (secondary N) is 1. The molecule has 0 radical (unpaired) electrons. The van der Waals surface area contributed by atoms with Crippen molar-refractivity contribution in [2.24, 2.45) is 5.73 Å². The van der Waals surface area contributed by atoms with Gasteiger partial charge in [0.1, 0.15) is 10.9 Å². The molecule has 110 valence electrons. The molecule has 2 rings (SSSR count). The standard InChI is InChI=1S/C14H22N4OS/c1-4-9-10(5-2)17-18-14(12(9)13(15)16)20-11-6-7-19-8(11)3/h8,11H,4-7H2,1-3H3,(H3,15,16). The van der Waals surface area contributed by atoms with Crippen molar-refractivity contribution >= 4 is 17.6 Å². The molecule has 2 atom stereocenters. The van der Waals surface area contributed by atoms with Crippen LogP contribution in [0.5, 0.6) is 0 Å². The number of ether oxygens (including phenoxy) is 1. The Labute approximate surface area is 124 Å². The van der Waals surface area contributed by atoms with Gasteiger partial charge in [-0.15, -0.1) is 5.10 Å². The van der Waals surface area contributed by atoms with Crippen LogP contribution in [0.1, 0.15) is 44.0 Å². The van der Waals surface area contributed by atoms with E-state index in [4.69, 9.17) is 15.9 Å². The summed E-state index contributed by atoms with van der Waals surface area (Å²) in [5, 5.41) is 17.6. The van der Waals surface area contributed by atoms with Gasteiger partial charge in [0.15, 0.2) is 0 Å². The molecule has 0 spiro atoms. The van der Waals surface area contributed by atoms with E-state index < -0.39 is 0 Å². The first-order chi connectivity index (χ1) is 9.58. The van der Waals surface area contributed by atoms with Crippen molar-refractivity contribution in [2.45, 2.75) is 56.4 Å².